The fourth-order valence-corrected chi connectivity index (χ4v) is 4.97. The number of hydrogen-bond acceptors (Lipinski definition) is 4. The smallest absolute Gasteiger partial charge is 0.248 e. The molecule has 168 valence electrons. The van der Waals surface area contributed by atoms with E-state index in [9.17, 15) is 4.79 Å². The number of fused-ring (bicyclic) bond motifs is 1. The molecule has 0 unspecified atom stereocenters. The first-order chi connectivity index (χ1) is 16.5. The van der Waals surface area contributed by atoms with Gasteiger partial charge in [0.2, 0.25) is 5.91 Å². The average Bonchev–Trinajstić information content (AvgIpc) is 3.48. The van der Waals surface area contributed by atoms with Gasteiger partial charge in [0.1, 0.15) is 16.5 Å². The number of benzene rings is 3. The highest BCUT2D eigenvalue weighted by Gasteiger charge is 2.14. The number of amides is 1. The highest BCUT2D eigenvalue weighted by molar-refractivity contribution is 7.21. The van der Waals surface area contributed by atoms with E-state index in [1.807, 2.05) is 30.3 Å². The Morgan fingerprint density at radius 1 is 0.941 bits per heavy atom. The van der Waals surface area contributed by atoms with Gasteiger partial charge in [-0.1, -0.05) is 53.0 Å². The fourth-order valence-electron chi connectivity index (χ4n) is 3.40. The minimum atomic E-state index is -0.316. The van der Waals surface area contributed by atoms with Crippen molar-refractivity contribution in [1.82, 2.24) is 4.98 Å². The van der Waals surface area contributed by atoms with Gasteiger partial charge < -0.3 is 9.73 Å². The van der Waals surface area contributed by atoms with Gasteiger partial charge in [-0.15, -0.1) is 11.3 Å². The molecule has 1 amide bonds. The van der Waals surface area contributed by atoms with E-state index in [1.165, 1.54) is 17.4 Å². The Morgan fingerprint density at radius 3 is 2.65 bits per heavy atom. The van der Waals surface area contributed by atoms with E-state index in [1.54, 1.807) is 48.5 Å². The maximum atomic E-state index is 12.7. The summed E-state index contributed by atoms with van der Waals surface area (Å²) in [5, 5.41) is 5.10. The summed E-state index contributed by atoms with van der Waals surface area (Å²) in [6.07, 6.45) is 2.99. The van der Waals surface area contributed by atoms with Crippen molar-refractivity contribution >= 4 is 74.0 Å². The summed E-state index contributed by atoms with van der Waals surface area (Å²) in [4.78, 5) is 17.4. The van der Waals surface area contributed by atoms with Gasteiger partial charge in [0, 0.05) is 22.2 Å². The lowest BCUT2D eigenvalue weighted by Gasteiger charge is -2.08. The van der Waals surface area contributed by atoms with Gasteiger partial charge in [0.15, 0.2) is 0 Å². The number of carbonyl (C=O) groups excluding carboxylic acids is 1. The average molecular weight is 526 g/mol. The Balaban J connectivity index is 1.36. The molecule has 5 aromatic rings. The number of carbonyl (C=O) groups is 1. The lowest BCUT2D eigenvalue weighted by Crippen LogP contribution is -2.08. The van der Waals surface area contributed by atoms with E-state index in [2.05, 4.69) is 10.3 Å². The second-order valence-electron chi connectivity index (χ2n) is 7.30. The van der Waals surface area contributed by atoms with Crippen LogP contribution in [0.5, 0.6) is 0 Å². The number of hydrogen-bond donors (Lipinski definition) is 1. The molecule has 5 rings (SSSR count). The van der Waals surface area contributed by atoms with Gasteiger partial charge in [-0.3, -0.25) is 4.79 Å². The minimum absolute atomic E-state index is 0.316. The van der Waals surface area contributed by atoms with Crippen LogP contribution < -0.4 is 5.32 Å². The van der Waals surface area contributed by atoms with Crippen molar-refractivity contribution in [2.45, 2.75) is 0 Å². The summed E-state index contributed by atoms with van der Waals surface area (Å²) in [6, 6.07) is 22.0. The van der Waals surface area contributed by atoms with Gasteiger partial charge >= 0.3 is 0 Å². The summed E-state index contributed by atoms with van der Waals surface area (Å²) >= 11 is 20.1. The quantitative estimate of drug-likeness (QED) is 0.233. The Labute approximate surface area is 214 Å². The molecule has 2 heterocycles. The molecule has 0 saturated heterocycles. The van der Waals surface area contributed by atoms with Crippen LogP contribution in [0, 0.1) is 0 Å². The van der Waals surface area contributed by atoms with Crippen molar-refractivity contribution in [3.05, 3.63) is 99.7 Å². The predicted molar refractivity (Wildman–Crippen MR) is 142 cm³/mol. The molecule has 1 N–H and O–H groups in total. The van der Waals surface area contributed by atoms with Crippen LogP contribution in [-0.4, -0.2) is 10.9 Å². The molecule has 0 aliphatic heterocycles. The molecule has 0 atom stereocenters. The highest BCUT2D eigenvalue weighted by atomic mass is 35.5. The Bertz CT molecular complexity index is 1520. The standard InChI is InChI=1S/C26H15Cl3N2O2S/c27-15-8-11-20(18(14-15)26-31-21-6-1-2-7-23(21)34-26)30-24(32)13-10-16-9-12-22(33-16)17-4-3-5-19(28)25(17)29/h1-14H,(H,30,32). The van der Waals surface area contributed by atoms with Crippen LogP contribution in [0.15, 0.2) is 83.3 Å². The molecule has 4 nitrogen and oxygen atoms in total. The number of aromatic nitrogens is 1. The Hall–Kier alpha value is -3.09. The highest BCUT2D eigenvalue weighted by Crippen LogP contribution is 2.37. The van der Waals surface area contributed by atoms with E-state index in [-0.39, 0.29) is 5.91 Å². The number of para-hydroxylation sites is 1. The largest absolute Gasteiger partial charge is 0.457 e. The van der Waals surface area contributed by atoms with Crippen molar-refractivity contribution in [1.29, 1.82) is 0 Å². The lowest BCUT2D eigenvalue weighted by atomic mass is 10.2. The summed E-state index contributed by atoms with van der Waals surface area (Å²) in [5.74, 6) is 0.746. The van der Waals surface area contributed by atoms with Crippen LogP contribution in [0.4, 0.5) is 5.69 Å². The van der Waals surface area contributed by atoms with Crippen LogP contribution in [-0.2, 0) is 4.79 Å². The number of anilines is 1. The number of furan rings is 1. The second kappa shape index (κ2) is 9.65. The predicted octanol–water partition coefficient (Wildman–Crippen LogP) is 8.84. The molecule has 2 aromatic heterocycles. The first-order valence-electron chi connectivity index (χ1n) is 10.2. The third-order valence-electron chi connectivity index (χ3n) is 5.01. The van der Waals surface area contributed by atoms with Crippen molar-refractivity contribution < 1.29 is 9.21 Å². The zero-order valence-electron chi connectivity index (χ0n) is 17.4. The van der Waals surface area contributed by atoms with E-state index >= 15 is 0 Å². The summed E-state index contributed by atoms with van der Waals surface area (Å²) < 4.78 is 6.87. The molecule has 0 aliphatic carbocycles. The van der Waals surface area contributed by atoms with Gasteiger partial charge in [-0.05, 0) is 60.7 Å². The number of rotatable bonds is 5. The van der Waals surface area contributed by atoms with Crippen molar-refractivity contribution in [3.63, 3.8) is 0 Å². The fraction of sp³-hybridized carbons (Fsp3) is 0. The molecule has 0 bridgehead atoms. The maximum Gasteiger partial charge on any atom is 0.248 e. The van der Waals surface area contributed by atoms with Crippen LogP contribution in [0.25, 0.3) is 38.2 Å². The molecular formula is C26H15Cl3N2O2S. The molecule has 0 fully saturated rings. The maximum absolute atomic E-state index is 12.7. The van der Waals surface area contributed by atoms with Gasteiger partial charge in [0.25, 0.3) is 0 Å². The third-order valence-corrected chi connectivity index (χ3v) is 7.13. The summed E-state index contributed by atoms with van der Waals surface area (Å²) in [5.41, 5.74) is 2.95. The molecular weight excluding hydrogens is 511 g/mol. The van der Waals surface area contributed by atoms with E-state index in [0.717, 1.165) is 20.8 Å². The second-order valence-corrected chi connectivity index (χ2v) is 9.55. The van der Waals surface area contributed by atoms with Gasteiger partial charge in [0.05, 0.1) is 25.9 Å². The normalized spacial score (nSPS) is 11.4. The number of nitrogens with one attached hydrogen (secondary N) is 1. The molecule has 0 saturated carbocycles. The van der Waals surface area contributed by atoms with Crippen LogP contribution >= 0.6 is 46.1 Å². The summed E-state index contributed by atoms with van der Waals surface area (Å²) in [7, 11) is 0. The Kier molecular flexibility index (Phi) is 6.44. The molecule has 3 aromatic carbocycles. The van der Waals surface area contributed by atoms with E-state index in [0.29, 0.717) is 37.8 Å². The van der Waals surface area contributed by atoms with Crippen LogP contribution in [0.2, 0.25) is 15.1 Å². The van der Waals surface area contributed by atoms with Crippen LogP contribution in [0.1, 0.15) is 5.76 Å². The van der Waals surface area contributed by atoms with Crippen LogP contribution in [0.3, 0.4) is 0 Å². The van der Waals surface area contributed by atoms with Gasteiger partial charge in [-0.2, -0.15) is 0 Å². The number of halogens is 3. The molecule has 0 aliphatic rings. The Morgan fingerprint density at radius 2 is 1.79 bits per heavy atom. The third kappa shape index (κ3) is 4.74. The summed E-state index contributed by atoms with van der Waals surface area (Å²) in [6.45, 7) is 0. The molecule has 0 radical (unpaired) electrons. The molecule has 0 spiro atoms. The van der Waals surface area contributed by atoms with Crippen molar-refractivity contribution in [2.75, 3.05) is 5.32 Å². The van der Waals surface area contributed by atoms with Crippen molar-refractivity contribution in [3.8, 4) is 21.9 Å². The minimum Gasteiger partial charge on any atom is -0.457 e. The molecule has 34 heavy (non-hydrogen) atoms. The van der Waals surface area contributed by atoms with E-state index in [4.69, 9.17) is 39.2 Å². The first-order valence-corrected chi connectivity index (χ1v) is 12.1. The lowest BCUT2D eigenvalue weighted by molar-refractivity contribution is -0.111. The SMILES string of the molecule is O=C(C=Cc1ccc(-c2cccc(Cl)c2Cl)o1)Nc1ccc(Cl)cc1-c1nc2ccccc2s1. The topological polar surface area (TPSA) is 55.1 Å². The van der Waals surface area contributed by atoms with Crippen molar-refractivity contribution in [2.24, 2.45) is 0 Å². The van der Waals surface area contributed by atoms with Gasteiger partial charge in [-0.25, -0.2) is 4.98 Å². The zero-order chi connectivity index (χ0) is 23.7. The molecule has 8 heteroatoms. The zero-order valence-corrected chi connectivity index (χ0v) is 20.5. The number of nitrogens with zero attached hydrogens (tertiary/aromatic N) is 1. The van der Waals surface area contributed by atoms with E-state index < -0.39 is 0 Å². The monoisotopic (exact) mass is 524 g/mol. The first kappa shape index (κ1) is 22.7. The number of thiazole rings is 1.